The van der Waals surface area contributed by atoms with E-state index in [0.717, 1.165) is 41.8 Å². The lowest BCUT2D eigenvalue weighted by Gasteiger charge is -2.23. The van der Waals surface area contributed by atoms with Gasteiger partial charge in [0.2, 0.25) is 11.6 Å². The summed E-state index contributed by atoms with van der Waals surface area (Å²) in [6, 6.07) is 0. The van der Waals surface area contributed by atoms with E-state index >= 15 is 0 Å². The fourth-order valence-corrected chi connectivity index (χ4v) is 11.2. The first-order valence-electron chi connectivity index (χ1n) is 12.7. The lowest BCUT2D eigenvalue weighted by Crippen LogP contribution is -2.31. The van der Waals surface area contributed by atoms with Crippen LogP contribution in [0.5, 0.6) is 23.0 Å². The second kappa shape index (κ2) is 9.19. The number of thioether (sulfide) groups is 4. The van der Waals surface area contributed by atoms with Crippen LogP contribution in [0.3, 0.4) is 0 Å². The van der Waals surface area contributed by atoms with E-state index in [1.807, 2.05) is 41.5 Å². The van der Waals surface area contributed by atoms with Crippen LogP contribution in [0.1, 0.15) is 49.9 Å². The summed E-state index contributed by atoms with van der Waals surface area (Å²) in [5.41, 5.74) is 3.60. The number of aliphatic hydroxyl groups excluding tert-OH is 4. The largest absolute Gasteiger partial charge is 0.449 e. The van der Waals surface area contributed by atoms with Crippen molar-refractivity contribution in [2.24, 2.45) is 0 Å². The Bertz CT molecular complexity index is 1290. The van der Waals surface area contributed by atoms with Crippen LogP contribution in [0.15, 0.2) is 19.6 Å². The van der Waals surface area contributed by atoms with Gasteiger partial charge in [-0.2, -0.15) is 0 Å². The Balaban J connectivity index is 1.58. The minimum atomic E-state index is -0.870. The van der Waals surface area contributed by atoms with Gasteiger partial charge >= 0.3 is 0 Å². The fraction of sp³-hybridized carbons (Fsp3) is 0.556. The maximum Gasteiger partial charge on any atom is 0.246 e. The van der Waals surface area contributed by atoms with Gasteiger partial charge in [-0.25, -0.2) is 0 Å². The summed E-state index contributed by atoms with van der Waals surface area (Å²) in [4.78, 5) is 3.93. The maximum atomic E-state index is 10.3. The number of hydrogen-bond donors (Lipinski definition) is 4. The minimum absolute atomic E-state index is 0.194. The van der Waals surface area contributed by atoms with Crippen molar-refractivity contribution in [3.8, 4) is 23.0 Å². The Morgan fingerprint density at radius 2 is 0.872 bits per heavy atom. The summed E-state index contributed by atoms with van der Waals surface area (Å²) in [5.74, 6) is 0.727. The van der Waals surface area contributed by atoms with E-state index in [1.54, 1.807) is 0 Å². The molecule has 2 aromatic rings. The van der Waals surface area contributed by atoms with Crippen molar-refractivity contribution < 1.29 is 39.4 Å². The van der Waals surface area contributed by atoms with Gasteiger partial charge in [-0.3, -0.25) is 0 Å². The van der Waals surface area contributed by atoms with Crippen molar-refractivity contribution >= 4 is 47.0 Å². The van der Waals surface area contributed by atoms with E-state index in [1.165, 1.54) is 47.0 Å². The molecule has 0 saturated heterocycles. The number of rotatable bonds is 6. The molecule has 0 aliphatic carbocycles. The number of hydrogen-bond acceptors (Lipinski definition) is 12. The lowest BCUT2D eigenvalue weighted by molar-refractivity contribution is -0.0492. The molecule has 4 N–H and O–H groups in total. The molecule has 0 spiro atoms. The zero-order chi connectivity index (χ0) is 28.1. The standard InChI is InChI=1S/C27H32O8S4/c1-12-16-18(34-24(3,4)32-16)14(19-17(12)33-25(5,6)35-19)7-15-22-20(36-26(8-28,9-29)38-22)13(2)21-23(15)39-27(10-30,11-31)37-21/h28-31H,7-11H2,1-6H3. The molecule has 4 aliphatic heterocycles. The Morgan fingerprint density at radius 1 is 0.513 bits per heavy atom. The second-order valence-electron chi connectivity index (χ2n) is 11.1. The first kappa shape index (κ1) is 28.0. The van der Waals surface area contributed by atoms with Crippen molar-refractivity contribution in [1.29, 1.82) is 0 Å². The van der Waals surface area contributed by atoms with Crippen LogP contribution in [0, 0.1) is 13.8 Å². The molecule has 39 heavy (non-hydrogen) atoms. The fourth-order valence-electron chi connectivity index (χ4n) is 5.23. The lowest BCUT2D eigenvalue weighted by atomic mass is 9.98. The predicted octanol–water partition coefficient (Wildman–Crippen LogP) is 4.67. The third-order valence-electron chi connectivity index (χ3n) is 7.14. The first-order valence-corrected chi connectivity index (χ1v) is 15.9. The average molecular weight is 613 g/mol. The monoisotopic (exact) mass is 612 g/mol. The van der Waals surface area contributed by atoms with Gasteiger partial charge in [-0.05, 0) is 25.0 Å². The molecule has 4 aliphatic rings. The molecule has 0 saturated carbocycles. The number of fused-ring (bicyclic) bond motifs is 4. The smallest absolute Gasteiger partial charge is 0.246 e. The van der Waals surface area contributed by atoms with Crippen molar-refractivity contribution in [2.75, 3.05) is 26.4 Å². The molecule has 0 bridgehead atoms. The quantitative estimate of drug-likeness (QED) is 0.363. The van der Waals surface area contributed by atoms with Crippen molar-refractivity contribution in [1.82, 2.24) is 0 Å². The van der Waals surface area contributed by atoms with Crippen molar-refractivity contribution in [3.63, 3.8) is 0 Å². The summed E-state index contributed by atoms with van der Waals surface area (Å²) < 4.78 is 23.6. The van der Waals surface area contributed by atoms with Crippen LogP contribution in [0.25, 0.3) is 0 Å². The third-order valence-corrected chi connectivity index (χ3v) is 13.7. The van der Waals surface area contributed by atoms with E-state index in [-0.39, 0.29) is 26.4 Å². The molecule has 4 heterocycles. The van der Waals surface area contributed by atoms with Crippen LogP contribution in [0.4, 0.5) is 0 Å². The van der Waals surface area contributed by atoms with Gasteiger partial charge in [0.05, 0.1) is 26.4 Å². The maximum absolute atomic E-state index is 10.3. The second-order valence-corrected chi connectivity index (χ2v) is 17.2. The van der Waals surface area contributed by atoms with Gasteiger partial charge in [-0.1, -0.05) is 0 Å². The van der Waals surface area contributed by atoms with Crippen molar-refractivity contribution in [3.05, 3.63) is 22.3 Å². The Hall–Kier alpha value is -1.12. The Labute approximate surface area is 244 Å². The predicted molar refractivity (Wildman–Crippen MR) is 153 cm³/mol. The molecule has 8 nitrogen and oxygen atoms in total. The van der Waals surface area contributed by atoms with E-state index in [0.29, 0.717) is 29.4 Å². The molecule has 212 valence electrons. The van der Waals surface area contributed by atoms with Crippen LogP contribution in [-0.2, 0) is 6.42 Å². The molecular formula is C27H32O8S4. The summed E-state index contributed by atoms with van der Waals surface area (Å²) in [6.07, 6.45) is 0.399. The van der Waals surface area contributed by atoms with Gasteiger partial charge in [0, 0.05) is 64.8 Å². The summed E-state index contributed by atoms with van der Waals surface area (Å²) in [5, 5.41) is 41.1. The van der Waals surface area contributed by atoms with Crippen LogP contribution < -0.4 is 18.9 Å². The number of benzene rings is 2. The summed E-state index contributed by atoms with van der Waals surface area (Å²) in [6.45, 7) is 10.6. The molecule has 0 atom stereocenters. The van der Waals surface area contributed by atoms with E-state index in [4.69, 9.17) is 18.9 Å². The highest BCUT2D eigenvalue weighted by Crippen LogP contribution is 2.67. The molecule has 0 fully saturated rings. The van der Waals surface area contributed by atoms with Gasteiger partial charge in [-0.15, -0.1) is 47.0 Å². The van der Waals surface area contributed by atoms with Gasteiger partial charge in [0.25, 0.3) is 0 Å². The van der Waals surface area contributed by atoms with E-state index in [9.17, 15) is 20.4 Å². The van der Waals surface area contributed by atoms with Gasteiger partial charge in [0.15, 0.2) is 23.0 Å². The molecule has 2 aromatic carbocycles. The molecule has 12 heteroatoms. The zero-order valence-corrected chi connectivity index (χ0v) is 25.9. The number of ether oxygens (including phenoxy) is 4. The van der Waals surface area contributed by atoms with Crippen LogP contribution in [0.2, 0.25) is 0 Å². The minimum Gasteiger partial charge on any atom is -0.449 e. The SMILES string of the molecule is Cc1c2c(c(Cc3c4c(c(C)c5c3SC(CO)(CO)S5)SC(CO)(CO)S4)c3c1OC(C)(C)O3)OC(C)(C)O2. The topological polar surface area (TPSA) is 118 Å². The van der Waals surface area contributed by atoms with E-state index < -0.39 is 19.7 Å². The van der Waals surface area contributed by atoms with Crippen LogP contribution in [-0.4, -0.2) is 66.6 Å². The molecule has 0 unspecified atom stereocenters. The van der Waals surface area contributed by atoms with Crippen molar-refractivity contribution in [2.45, 2.75) is 87.3 Å². The van der Waals surface area contributed by atoms with Crippen LogP contribution >= 0.6 is 47.0 Å². The first-order chi connectivity index (χ1) is 18.3. The normalized spacial score (nSPS) is 21.8. The molecular weight excluding hydrogens is 581 g/mol. The van der Waals surface area contributed by atoms with Gasteiger partial charge in [0.1, 0.15) is 8.16 Å². The molecule has 0 aromatic heterocycles. The number of aliphatic hydroxyl groups is 4. The highest BCUT2D eigenvalue weighted by Gasteiger charge is 2.49. The highest BCUT2D eigenvalue weighted by atomic mass is 32.2. The summed E-state index contributed by atoms with van der Waals surface area (Å²) in [7, 11) is 0. The Morgan fingerprint density at radius 3 is 1.26 bits per heavy atom. The Kier molecular flexibility index (Phi) is 6.60. The third kappa shape index (κ3) is 4.24. The van der Waals surface area contributed by atoms with E-state index in [2.05, 4.69) is 0 Å². The molecule has 6 rings (SSSR count). The summed E-state index contributed by atoms with van der Waals surface area (Å²) >= 11 is 5.88. The molecule has 0 radical (unpaired) electrons. The highest BCUT2D eigenvalue weighted by molar-refractivity contribution is 8.22. The zero-order valence-electron chi connectivity index (χ0n) is 22.6. The molecule has 0 amide bonds. The average Bonchev–Trinajstić information content (AvgIpc) is 3.64. The van der Waals surface area contributed by atoms with Gasteiger partial charge < -0.3 is 39.4 Å².